The molecule has 0 heterocycles. The lowest BCUT2D eigenvalue weighted by atomic mass is 10.1. The lowest BCUT2D eigenvalue weighted by Crippen LogP contribution is -2.24. The molecule has 8 heteroatoms. The van der Waals surface area contributed by atoms with Crippen molar-refractivity contribution in [2.45, 2.75) is 17.9 Å². The van der Waals surface area contributed by atoms with Crippen molar-refractivity contribution in [1.82, 2.24) is 4.72 Å². The van der Waals surface area contributed by atoms with Gasteiger partial charge in [-0.25, -0.2) is 22.0 Å². The molecule has 2 rings (SSSR count). The minimum absolute atomic E-state index is 0.0254. The number of halogens is 2. The summed E-state index contributed by atoms with van der Waals surface area (Å²) in [5.74, 6) is -0.190. The molecule has 26 heavy (non-hydrogen) atoms. The number of ether oxygens (including phenoxy) is 1. The first-order valence-electron chi connectivity index (χ1n) is 7.43. The molecule has 0 radical (unpaired) electrons. The number of sulfonamides is 1. The van der Waals surface area contributed by atoms with Crippen LogP contribution in [0.25, 0.3) is 0 Å². The Labute approximate surface area is 150 Å². The standard InChI is InChI=1S/C18H15F2NO4S/c1-3-10-21-26(23,24)15-7-4-13(5-8-15)18(22)25-12(2)16-9-6-14(19)11-17(16)20/h1,4-9,11-12,21H,10H2,2H3. The topological polar surface area (TPSA) is 72.5 Å². The maximum Gasteiger partial charge on any atom is 0.338 e. The van der Waals surface area contributed by atoms with Gasteiger partial charge in [-0.2, -0.15) is 4.72 Å². The molecule has 0 amide bonds. The van der Waals surface area contributed by atoms with Crippen LogP contribution in [0.4, 0.5) is 8.78 Å². The Morgan fingerprint density at radius 2 is 1.88 bits per heavy atom. The van der Waals surface area contributed by atoms with Crippen LogP contribution < -0.4 is 4.72 Å². The van der Waals surface area contributed by atoms with E-state index < -0.39 is 33.7 Å². The molecule has 1 unspecified atom stereocenters. The fraction of sp³-hybridized carbons (Fsp3) is 0.167. The number of carbonyl (C=O) groups excluding carboxylic acids is 1. The highest BCUT2D eigenvalue weighted by atomic mass is 32.2. The van der Waals surface area contributed by atoms with Gasteiger partial charge in [-0.1, -0.05) is 5.92 Å². The first kappa shape index (κ1) is 19.6. The first-order valence-corrected chi connectivity index (χ1v) is 8.92. The largest absolute Gasteiger partial charge is 0.454 e. The second kappa shape index (κ2) is 8.08. The van der Waals surface area contributed by atoms with Crippen LogP contribution in [0.15, 0.2) is 47.4 Å². The molecule has 0 aliphatic heterocycles. The summed E-state index contributed by atoms with van der Waals surface area (Å²) in [5, 5.41) is 0. The third-order valence-corrected chi connectivity index (χ3v) is 4.87. The fourth-order valence-corrected chi connectivity index (χ4v) is 3.05. The van der Waals surface area contributed by atoms with E-state index in [2.05, 4.69) is 10.6 Å². The average molecular weight is 379 g/mol. The second-order valence-electron chi connectivity index (χ2n) is 5.27. The van der Waals surface area contributed by atoms with E-state index in [4.69, 9.17) is 11.2 Å². The van der Waals surface area contributed by atoms with E-state index in [-0.39, 0.29) is 22.6 Å². The summed E-state index contributed by atoms with van der Waals surface area (Å²) in [5.41, 5.74) is 0.104. The van der Waals surface area contributed by atoms with E-state index in [1.165, 1.54) is 37.3 Å². The molecule has 0 bridgehead atoms. The zero-order valence-corrected chi connectivity index (χ0v) is 14.5. The van der Waals surface area contributed by atoms with Gasteiger partial charge in [0.2, 0.25) is 10.0 Å². The summed E-state index contributed by atoms with van der Waals surface area (Å²) in [6.45, 7) is 1.28. The molecule has 136 valence electrons. The minimum atomic E-state index is -3.77. The van der Waals surface area contributed by atoms with Gasteiger partial charge in [0.1, 0.15) is 17.7 Å². The van der Waals surface area contributed by atoms with Gasteiger partial charge >= 0.3 is 5.97 Å². The summed E-state index contributed by atoms with van der Waals surface area (Å²) in [6, 6.07) is 7.92. The van der Waals surface area contributed by atoms with Crippen molar-refractivity contribution in [2.75, 3.05) is 6.54 Å². The monoisotopic (exact) mass is 379 g/mol. The molecule has 5 nitrogen and oxygen atoms in total. The molecule has 0 aliphatic rings. The van der Waals surface area contributed by atoms with Gasteiger partial charge in [-0.3, -0.25) is 0 Å². The third-order valence-electron chi connectivity index (χ3n) is 3.45. The number of nitrogens with one attached hydrogen (secondary N) is 1. The van der Waals surface area contributed by atoms with E-state index in [0.29, 0.717) is 6.07 Å². The Balaban J connectivity index is 2.11. The van der Waals surface area contributed by atoms with Crippen LogP contribution in [0.3, 0.4) is 0 Å². The zero-order chi connectivity index (χ0) is 19.3. The predicted octanol–water partition coefficient (Wildman–Crippen LogP) is 2.79. The van der Waals surface area contributed by atoms with Crippen molar-refractivity contribution in [3.05, 3.63) is 65.2 Å². The summed E-state index contributed by atoms with van der Waals surface area (Å²) in [4.78, 5) is 12.1. The first-order chi connectivity index (χ1) is 12.2. The van der Waals surface area contributed by atoms with Crippen molar-refractivity contribution in [3.63, 3.8) is 0 Å². The van der Waals surface area contributed by atoms with E-state index in [9.17, 15) is 22.0 Å². The quantitative estimate of drug-likeness (QED) is 0.619. The number of benzene rings is 2. The van der Waals surface area contributed by atoms with Crippen molar-refractivity contribution in [3.8, 4) is 12.3 Å². The summed E-state index contributed by atoms with van der Waals surface area (Å²) in [6.07, 6.45) is 4.05. The maximum absolute atomic E-state index is 13.7. The number of rotatable bonds is 6. The molecule has 0 aromatic heterocycles. The summed E-state index contributed by atoms with van der Waals surface area (Å²) in [7, 11) is -3.77. The van der Waals surface area contributed by atoms with Gasteiger partial charge in [0, 0.05) is 11.6 Å². The number of hydrogen-bond acceptors (Lipinski definition) is 4. The van der Waals surface area contributed by atoms with Crippen molar-refractivity contribution in [2.24, 2.45) is 0 Å². The Morgan fingerprint density at radius 3 is 2.46 bits per heavy atom. The van der Waals surface area contributed by atoms with Crippen LogP contribution in [-0.2, 0) is 14.8 Å². The van der Waals surface area contributed by atoms with E-state index in [1.54, 1.807) is 0 Å². The van der Waals surface area contributed by atoms with Gasteiger partial charge in [0.25, 0.3) is 0 Å². The van der Waals surface area contributed by atoms with Crippen LogP contribution in [0.2, 0.25) is 0 Å². The summed E-state index contributed by atoms with van der Waals surface area (Å²) >= 11 is 0. The van der Waals surface area contributed by atoms with Crippen LogP contribution in [0, 0.1) is 24.0 Å². The van der Waals surface area contributed by atoms with Gasteiger partial charge in [-0.05, 0) is 43.3 Å². The summed E-state index contributed by atoms with van der Waals surface area (Å²) < 4.78 is 57.8. The third kappa shape index (κ3) is 4.65. The van der Waals surface area contributed by atoms with Crippen molar-refractivity contribution >= 4 is 16.0 Å². The molecule has 0 fully saturated rings. The van der Waals surface area contributed by atoms with E-state index >= 15 is 0 Å². The smallest absolute Gasteiger partial charge is 0.338 e. The minimum Gasteiger partial charge on any atom is -0.454 e. The molecule has 0 saturated heterocycles. The highest BCUT2D eigenvalue weighted by Gasteiger charge is 2.19. The molecule has 0 aliphatic carbocycles. The molecule has 0 saturated carbocycles. The second-order valence-corrected chi connectivity index (χ2v) is 7.03. The number of hydrogen-bond donors (Lipinski definition) is 1. The normalized spacial score (nSPS) is 12.2. The Kier molecular flexibility index (Phi) is 6.08. The SMILES string of the molecule is C#CCNS(=O)(=O)c1ccc(C(=O)OC(C)c2ccc(F)cc2F)cc1. The van der Waals surface area contributed by atoms with Gasteiger partial charge in [-0.15, -0.1) is 6.42 Å². The van der Waals surface area contributed by atoms with Crippen LogP contribution in [0.5, 0.6) is 0 Å². The highest BCUT2D eigenvalue weighted by Crippen LogP contribution is 2.22. The Bertz CT molecular complexity index is 950. The van der Waals surface area contributed by atoms with Crippen molar-refractivity contribution < 1.29 is 26.7 Å². The zero-order valence-electron chi connectivity index (χ0n) is 13.7. The number of esters is 1. The van der Waals surface area contributed by atoms with E-state index in [1.807, 2.05) is 0 Å². The average Bonchev–Trinajstić information content (AvgIpc) is 2.60. The van der Waals surface area contributed by atoms with Gasteiger partial charge < -0.3 is 4.74 Å². The molecule has 0 spiro atoms. The molecular formula is C18H15F2NO4S. The number of terminal acetylenes is 1. The van der Waals surface area contributed by atoms with Gasteiger partial charge in [0.05, 0.1) is 17.0 Å². The molecule has 1 N–H and O–H groups in total. The molecule has 2 aromatic carbocycles. The van der Waals surface area contributed by atoms with Crippen LogP contribution in [0.1, 0.15) is 28.9 Å². The van der Waals surface area contributed by atoms with E-state index in [0.717, 1.165) is 6.07 Å². The highest BCUT2D eigenvalue weighted by molar-refractivity contribution is 7.89. The van der Waals surface area contributed by atoms with Crippen molar-refractivity contribution in [1.29, 1.82) is 0 Å². The Hall–Kier alpha value is -2.76. The van der Waals surface area contributed by atoms with Gasteiger partial charge in [0.15, 0.2) is 0 Å². The maximum atomic E-state index is 13.7. The Morgan fingerprint density at radius 1 is 1.23 bits per heavy atom. The lowest BCUT2D eigenvalue weighted by molar-refractivity contribution is 0.0331. The van der Waals surface area contributed by atoms with Crippen LogP contribution >= 0.6 is 0 Å². The molecule has 2 aromatic rings. The lowest BCUT2D eigenvalue weighted by Gasteiger charge is -2.14. The fourth-order valence-electron chi connectivity index (χ4n) is 2.11. The molecule has 1 atom stereocenters. The van der Waals surface area contributed by atoms with Crippen LogP contribution in [-0.4, -0.2) is 20.9 Å². The number of carbonyl (C=O) groups is 1. The molecular weight excluding hydrogens is 364 g/mol. The predicted molar refractivity (Wildman–Crippen MR) is 90.7 cm³/mol.